The number of hydrogen-bond donors (Lipinski definition) is 1. The molecule has 0 bridgehead atoms. The molecular weight excluding hydrogens is 488 g/mol. The van der Waals surface area contributed by atoms with Crippen molar-refractivity contribution >= 4 is 29.7 Å². The Morgan fingerprint density at radius 1 is 1.05 bits per heavy atom. The van der Waals surface area contributed by atoms with E-state index in [2.05, 4.69) is 5.32 Å². The Morgan fingerprint density at radius 2 is 1.74 bits per heavy atom. The van der Waals surface area contributed by atoms with Crippen LogP contribution in [-0.2, 0) is 30.9 Å². The van der Waals surface area contributed by atoms with E-state index in [-0.39, 0.29) is 11.6 Å². The van der Waals surface area contributed by atoms with Gasteiger partial charge in [0, 0.05) is 18.1 Å². The molecule has 3 aliphatic heterocycles. The van der Waals surface area contributed by atoms with E-state index in [0.717, 1.165) is 5.82 Å². The second-order valence-corrected chi connectivity index (χ2v) is 11.9. The van der Waals surface area contributed by atoms with Crippen molar-refractivity contribution in [1.82, 2.24) is 10.2 Å². The van der Waals surface area contributed by atoms with E-state index < -0.39 is 41.3 Å². The molecule has 1 N–H and O–H groups in total. The summed E-state index contributed by atoms with van der Waals surface area (Å²) < 4.78 is 12.9. The fraction of sp³-hybridized carbons (Fsp3) is 0.536. The van der Waals surface area contributed by atoms with Crippen molar-refractivity contribution in [1.29, 1.82) is 0 Å². The Balaban J connectivity index is 1.63. The summed E-state index contributed by atoms with van der Waals surface area (Å²) in [5.74, 6) is -0.396. The maximum absolute atomic E-state index is 13.3. The first kappa shape index (κ1) is 27.3. The van der Waals surface area contributed by atoms with Crippen molar-refractivity contribution in [3.63, 3.8) is 0 Å². The van der Waals surface area contributed by atoms with Crippen LogP contribution in [0.15, 0.2) is 47.3 Å². The van der Waals surface area contributed by atoms with Gasteiger partial charge in [0.05, 0.1) is 25.8 Å². The fourth-order valence-electron chi connectivity index (χ4n) is 4.95. The molecule has 204 valence electrons. The summed E-state index contributed by atoms with van der Waals surface area (Å²) in [4.78, 5) is 55.3. The summed E-state index contributed by atoms with van der Waals surface area (Å²) in [6.45, 7) is 11.0. The van der Waals surface area contributed by atoms with Crippen molar-refractivity contribution in [3.8, 4) is 0 Å². The lowest BCUT2D eigenvalue weighted by Gasteiger charge is -2.50. The van der Waals surface area contributed by atoms with Crippen LogP contribution >= 0.6 is 0 Å². The van der Waals surface area contributed by atoms with Crippen LogP contribution < -0.4 is 14.8 Å². The van der Waals surface area contributed by atoms with Crippen LogP contribution in [0.5, 0.6) is 0 Å². The molecule has 10 heteroatoms. The topological polar surface area (TPSA) is 109 Å². The SMILES string of the molecule is C[n+]1ccccc1N1CCC(=CC2=C(C(=O)OC(C)(C)C)N3C(=O)[C@@H](NC(=O)OC(C)(C)C)[C@H]3CC2)C1=O. The van der Waals surface area contributed by atoms with Crippen LogP contribution in [0.1, 0.15) is 60.8 Å². The Morgan fingerprint density at radius 3 is 2.37 bits per heavy atom. The van der Waals surface area contributed by atoms with Gasteiger partial charge in [-0.25, -0.2) is 19.0 Å². The van der Waals surface area contributed by atoms with Crippen LogP contribution in [-0.4, -0.2) is 58.6 Å². The number of rotatable bonds is 4. The van der Waals surface area contributed by atoms with E-state index >= 15 is 0 Å². The van der Waals surface area contributed by atoms with E-state index in [9.17, 15) is 19.2 Å². The molecule has 4 heterocycles. The van der Waals surface area contributed by atoms with Gasteiger partial charge in [0.25, 0.3) is 11.7 Å². The van der Waals surface area contributed by atoms with Gasteiger partial charge in [-0.2, -0.15) is 4.90 Å². The van der Waals surface area contributed by atoms with Gasteiger partial charge in [-0.1, -0.05) is 6.07 Å². The summed E-state index contributed by atoms with van der Waals surface area (Å²) in [6.07, 6.45) is 4.42. The van der Waals surface area contributed by atoms with Crippen molar-refractivity contribution in [2.24, 2.45) is 7.05 Å². The minimum atomic E-state index is -0.793. The first-order valence-electron chi connectivity index (χ1n) is 12.9. The number of ether oxygens (including phenoxy) is 2. The highest BCUT2D eigenvalue weighted by molar-refractivity contribution is 6.08. The minimum Gasteiger partial charge on any atom is -0.455 e. The van der Waals surface area contributed by atoms with Crippen LogP contribution in [0.25, 0.3) is 0 Å². The lowest BCUT2D eigenvalue weighted by molar-refractivity contribution is -0.658. The maximum atomic E-state index is 13.3. The van der Waals surface area contributed by atoms with Crippen LogP contribution in [0.4, 0.5) is 10.6 Å². The number of esters is 1. The van der Waals surface area contributed by atoms with E-state index in [4.69, 9.17) is 9.47 Å². The number of allylic oxidation sites excluding steroid dienone is 2. The van der Waals surface area contributed by atoms with Crippen molar-refractivity contribution in [2.75, 3.05) is 11.4 Å². The number of pyridine rings is 1. The van der Waals surface area contributed by atoms with Gasteiger partial charge in [-0.05, 0) is 72.1 Å². The number of fused-ring (bicyclic) bond motifs is 1. The van der Waals surface area contributed by atoms with Gasteiger partial charge in [-0.15, -0.1) is 0 Å². The summed E-state index contributed by atoms with van der Waals surface area (Å²) in [6, 6.07) is 4.46. The minimum absolute atomic E-state index is 0.132. The standard InChI is InChI=1S/C28H36N4O6/c1-27(2,3)37-25(35)22-17(16-18-13-15-31(23(18)33)20-10-8-9-14-30(20)7)11-12-19-21(24(34)32(19)22)29-26(36)38-28(4,5)6/h8-10,14,16,19,21H,11-13,15H2,1-7H3/p+1/t19-,21+/m1/s1. The maximum Gasteiger partial charge on any atom is 0.408 e. The van der Waals surface area contributed by atoms with Crippen LogP contribution in [0, 0.1) is 0 Å². The zero-order valence-electron chi connectivity index (χ0n) is 23.2. The molecule has 0 spiro atoms. The summed E-state index contributed by atoms with van der Waals surface area (Å²) in [7, 11) is 1.88. The molecule has 2 atom stereocenters. The fourth-order valence-corrected chi connectivity index (χ4v) is 4.95. The summed E-state index contributed by atoms with van der Waals surface area (Å²) in [5.41, 5.74) is -0.198. The second-order valence-electron chi connectivity index (χ2n) is 11.9. The van der Waals surface area contributed by atoms with Crippen molar-refractivity contribution in [2.45, 2.75) is 84.1 Å². The molecule has 0 saturated carbocycles. The monoisotopic (exact) mass is 525 g/mol. The number of anilines is 1. The predicted molar refractivity (Wildman–Crippen MR) is 139 cm³/mol. The number of aryl methyl sites for hydroxylation is 1. The van der Waals surface area contributed by atoms with Crippen molar-refractivity contribution in [3.05, 3.63) is 47.3 Å². The van der Waals surface area contributed by atoms with Gasteiger partial charge >= 0.3 is 18.0 Å². The normalized spacial score (nSPS) is 22.9. The third-order valence-electron chi connectivity index (χ3n) is 6.52. The molecule has 4 rings (SSSR count). The van der Waals surface area contributed by atoms with Crippen LogP contribution in [0.3, 0.4) is 0 Å². The van der Waals surface area contributed by atoms with Gasteiger partial charge < -0.3 is 14.8 Å². The van der Waals surface area contributed by atoms with Crippen molar-refractivity contribution < 1.29 is 33.2 Å². The predicted octanol–water partition coefficient (Wildman–Crippen LogP) is 2.67. The number of aromatic nitrogens is 1. The Hall–Kier alpha value is -3.69. The molecule has 10 nitrogen and oxygen atoms in total. The lowest BCUT2D eigenvalue weighted by atomic mass is 9.83. The number of nitrogens with one attached hydrogen (secondary N) is 1. The third-order valence-corrected chi connectivity index (χ3v) is 6.52. The second kappa shape index (κ2) is 9.89. The number of carbonyl (C=O) groups is 4. The Kier molecular flexibility index (Phi) is 7.11. The Bertz CT molecular complexity index is 1240. The zero-order chi connectivity index (χ0) is 28.0. The number of hydrogen-bond acceptors (Lipinski definition) is 6. The van der Waals surface area contributed by atoms with E-state index in [1.54, 1.807) is 52.5 Å². The molecule has 3 aliphatic rings. The highest BCUT2D eigenvalue weighted by Crippen LogP contribution is 2.39. The van der Waals surface area contributed by atoms with Gasteiger partial charge in [0.2, 0.25) is 0 Å². The summed E-state index contributed by atoms with van der Waals surface area (Å²) in [5, 5.41) is 2.65. The molecule has 38 heavy (non-hydrogen) atoms. The van der Waals surface area contributed by atoms with E-state index in [1.165, 1.54) is 4.90 Å². The molecule has 1 aromatic heterocycles. The van der Waals surface area contributed by atoms with Gasteiger partial charge in [-0.3, -0.25) is 9.69 Å². The van der Waals surface area contributed by atoms with E-state index in [1.807, 2.05) is 36.0 Å². The highest BCUT2D eigenvalue weighted by Gasteiger charge is 2.54. The number of β-lactam (4-membered cyclic amide) rings is 1. The summed E-state index contributed by atoms with van der Waals surface area (Å²) >= 11 is 0. The number of nitrogens with zero attached hydrogens (tertiary/aromatic N) is 3. The molecule has 2 fully saturated rings. The highest BCUT2D eigenvalue weighted by atomic mass is 16.6. The molecule has 1 aromatic rings. The number of amides is 3. The average molecular weight is 526 g/mol. The molecule has 0 radical (unpaired) electrons. The molecule has 0 aliphatic carbocycles. The first-order valence-corrected chi connectivity index (χ1v) is 12.9. The molecule has 0 aromatic carbocycles. The third kappa shape index (κ3) is 5.58. The average Bonchev–Trinajstić information content (AvgIpc) is 3.15. The first-order chi connectivity index (χ1) is 17.7. The number of carbonyl (C=O) groups excluding carboxylic acids is 4. The molecule has 3 amide bonds. The molecular formula is C28H37N4O6+. The largest absolute Gasteiger partial charge is 0.455 e. The van der Waals surface area contributed by atoms with E-state index in [0.29, 0.717) is 37.0 Å². The quantitative estimate of drug-likeness (QED) is 0.280. The smallest absolute Gasteiger partial charge is 0.408 e. The van der Waals surface area contributed by atoms with Gasteiger partial charge in [0.1, 0.15) is 22.9 Å². The van der Waals surface area contributed by atoms with Crippen LogP contribution in [0.2, 0.25) is 0 Å². The molecule has 2 saturated heterocycles. The van der Waals surface area contributed by atoms with Gasteiger partial charge in [0.15, 0.2) is 0 Å². The molecule has 0 unspecified atom stereocenters. The Labute approximate surface area is 223 Å². The number of alkyl carbamates (subject to hydrolysis) is 1. The lowest BCUT2D eigenvalue weighted by Crippen LogP contribution is -2.72. The zero-order valence-corrected chi connectivity index (χ0v) is 23.2.